The Morgan fingerprint density at radius 3 is 2.50 bits per heavy atom. The van der Waals surface area contributed by atoms with E-state index in [9.17, 15) is 9.90 Å². The number of nitrogens with zero attached hydrogens (tertiary/aromatic N) is 3. The summed E-state index contributed by atoms with van der Waals surface area (Å²) in [6.07, 6.45) is 6.19. The highest BCUT2D eigenvalue weighted by molar-refractivity contribution is 6.05. The molecule has 136 valence electrons. The van der Waals surface area contributed by atoms with Gasteiger partial charge in [-0.05, 0) is 54.7 Å². The van der Waals surface area contributed by atoms with Crippen molar-refractivity contribution < 1.29 is 9.90 Å². The molecule has 0 amide bonds. The lowest BCUT2D eigenvalue weighted by Gasteiger charge is -2.21. The van der Waals surface area contributed by atoms with Gasteiger partial charge in [-0.1, -0.05) is 30.3 Å². The third kappa shape index (κ3) is 2.72. The molecule has 0 radical (unpaired) electrons. The molecule has 0 aliphatic heterocycles. The summed E-state index contributed by atoms with van der Waals surface area (Å²) >= 11 is 0. The zero-order valence-corrected chi connectivity index (χ0v) is 15.1. The number of hydrogen-bond donors (Lipinski definition) is 1. The number of carboxylic acid groups (broad SMARTS) is 1. The first-order valence-corrected chi connectivity index (χ1v) is 9.28. The topological polar surface area (TPSA) is 76.0 Å². The summed E-state index contributed by atoms with van der Waals surface area (Å²) in [5, 5.41) is 10.6. The van der Waals surface area contributed by atoms with Crippen molar-refractivity contribution in [1.29, 1.82) is 0 Å². The molecule has 4 aromatic rings. The lowest BCUT2D eigenvalue weighted by Crippen LogP contribution is -2.13. The molecule has 2 aromatic carbocycles. The van der Waals surface area contributed by atoms with Gasteiger partial charge in [-0.3, -0.25) is 4.98 Å². The second-order valence-corrected chi connectivity index (χ2v) is 6.94. The third-order valence-electron chi connectivity index (χ3n) is 5.17. The Balaban J connectivity index is 1.71. The quantitative estimate of drug-likeness (QED) is 0.553. The van der Waals surface area contributed by atoms with Crippen LogP contribution in [0.3, 0.4) is 0 Å². The molecule has 1 aliphatic rings. The molecule has 0 saturated heterocycles. The lowest BCUT2D eigenvalue weighted by molar-refractivity contribution is 0.0697. The van der Waals surface area contributed by atoms with Crippen LogP contribution in [0.1, 0.15) is 40.2 Å². The Kier molecular flexibility index (Phi) is 3.86. The standard InChI is InChI=1S/C23H17N3O2/c27-23(28)21-16-7-1-2-9-18(16)26-22-14(6-5-8-17(21)22)12-15-13-24-19-10-3-4-11-20(19)25-15/h1-4,7,9-13H,5-6,8H2,(H,27,28)/b14-12+. The van der Waals surface area contributed by atoms with E-state index in [0.29, 0.717) is 16.5 Å². The zero-order valence-electron chi connectivity index (χ0n) is 15.1. The maximum atomic E-state index is 12.0. The van der Waals surface area contributed by atoms with E-state index in [1.54, 1.807) is 6.20 Å². The van der Waals surface area contributed by atoms with Crippen LogP contribution < -0.4 is 0 Å². The minimum Gasteiger partial charge on any atom is -0.478 e. The van der Waals surface area contributed by atoms with Gasteiger partial charge in [0.05, 0.1) is 39.7 Å². The number of rotatable bonds is 2. The normalized spacial score (nSPS) is 15.1. The van der Waals surface area contributed by atoms with Crippen LogP contribution in [0.25, 0.3) is 33.6 Å². The highest BCUT2D eigenvalue weighted by Crippen LogP contribution is 2.36. The fraction of sp³-hybridized carbons (Fsp3) is 0.130. The van der Waals surface area contributed by atoms with Crippen molar-refractivity contribution >= 4 is 39.6 Å². The van der Waals surface area contributed by atoms with Crippen LogP contribution in [0, 0.1) is 0 Å². The molecule has 5 nitrogen and oxygen atoms in total. The van der Waals surface area contributed by atoms with Gasteiger partial charge in [0.15, 0.2) is 0 Å². The number of benzene rings is 2. The van der Waals surface area contributed by atoms with E-state index in [-0.39, 0.29) is 0 Å². The Morgan fingerprint density at radius 2 is 1.68 bits per heavy atom. The van der Waals surface area contributed by atoms with Gasteiger partial charge in [0.25, 0.3) is 0 Å². The Labute approximate surface area is 161 Å². The van der Waals surface area contributed by atoms with E-state index in [4.69, 9.17) is 4.98 Å². The van der Waals surface area contributed by atoms with Gasteiger partial charge in [-0.2, -0.15) is 0 Å². The van der Waals surface area contributed by atoms with E-state index in [1.165, 1.54) is 0 Å². The van der Waals surface area contributed by atoms with Gasteiger partial charge in [0, 0.05) is 5.39 Å². The fourth-order valence-corrected chi connectivity index (χ4v) is 3.94. The molecular weight excluding hydrogens is 350 g/mol. The van der Waals surface area contributed by atoms with Crippen molar-refractivity contribution in [3.8, 4) is 0 Å². The molecule has 5 heteroatoms. The molecule has 0 atom stereocenters. The van der Waals surface area contributed by atoms with Crippen molar-refractivity contribution in [2.45, 2.75) is 19.3 Å². The van der Waals surface area contributed by atoms with Crippen molar-refractivity contribution in [1.82, 2.24) is 15.0 Å². The maximum absolute atomic E-state index is 12.0. The Bertz CT molecular complexity index is 1280. The van der Waals surface area contributed by atoms with Crippen LogP contribution in [-0.2, 0) is 6.42 Å². The summed E-state index contributed by atoms with van der Waals surface area (Å²) in [4.78, 5) is 26.0. The van der Waals surface area contributed by atoms with E-state index >= 15 is 0 Å². The van der Waals surface area contributed by atoms with Crippen LogP contribution in [0.15, 0.2) is 54.7 Å². The van der Waals surface area contributed by atoms with Gasteiger partial charge in [0.1, 0.15) is 0 Å². The number of aromatic nitrogens is 3. The fourth-order valence-electron chi connectivity index (χ4n) is 3.94. The molecule has 2 heterocycles. The minimum absolute atomic E-state index is 0.371. The highest BCUT2D eigenvalue weighted by atomic mass is 16.4. The predicted octanol–water partition coefficient (Wildman–Crippen LogP) is 4.75. The van der Waals surface area contributed by atoms with Crippen molar-refractivity contribution in [2.24, 2.45) is 0 Å². The number of allylic oxidation sites excluding steroid dienone is 1. The van der Waals surface area contributed by atoms with Crippen LogP contribution in [0.5, 0.6) is 0 Å². The summed E-state index contributed by atoms with van der Waals surface area (Å²) < 4.78 is 0. The van der Waals surface area contributed by atoms with Gasteiger partial charge in [-0.25, -0.2) is 14.8 Å². The second-order valence-electron chi connectivity index (χ2n) is 6.94. The number of carbonyl (C=O) groups is 1. The minimum atomic E-state index is -0.901. The maximum Gasteiger partial charge on any atom is 0.336 e. The smallest absolute Gasteiger partial charge is 0.336 e. The molecule has 1 N–H and O–H groups in total. The van der Waals surface area contributed by atoms with Crippen LogP contribution in [-0.4, -0.2) is 26.0 Å². The lowest BCUT2D eigenvalue weighted by atomic mass is 9.86. The van der Waals surface area contributed by atoms with E-state index in [0.717, 1.165) is 52.8 Å². The summed E-state index contributed by atoms with van der Waals surface area (Å²) in [6, 6.07) is 15.2. The van der Waals surface area contributed by atoms with Gasteiger partial charge < -0.3 is 5.11 Å². The monoisotopic (exact) mass is 367 g/mol. The average molecular weight is 367 g/mol. The molecule has 28 heavy (non-hydrogen) atoms. The van der Waals surface area contributed by atoms with Gasteiger partial charge in [-0.15, -0.1) is 0 Å². The molecule has 0 saturated carbocycles. The first-order valence-electron chi connectivity index (χ1n) is 9.28. The number of hydrogen-bond acceptors (Lipinski definition) is 4. The first-order chi connectivity index (χ1) is 13.7. The summed E-state index contributed by atoms with van der Waals surface area (Å²) in [5.41, 5.74) is 6.13. The predicted molar refractivity (Wildman–Crippen MR) is 109 cm³/mol. The molecule has 0 spiro atoms. The van der Waals surface area contributed by atoms with Gasteiger partial charge >= 0.3 is 5.97 Å². The molecule has 5 rings (SSSR count). The molecule has 0 fully saturated rings. The van der Waals surface area contributed by atoms with Gasteiger partial charge in [0.2, 0.25) is 0 Å². The summed E-state index contributed by atoms with van der Waals surface area (Å²) in [6.45, 7) is 0. The number of pyridine rings is 1. The van der Waals surface area contributed by atoms with E-state index in [1.807, 2.05) is 54.6 Å². The number of fused-ring (bicyclic) bond motifs is 3. The number of aromatic carboxylic acids is 1. The molecule has 2 aromatic heterocycles. The van der Waals surface area contributed by atoms with Crippen LogP contribution in [0.4, 0.5) is 0 Å². The van der Waals surface area contributed by atoms with E-state index < -0.39 is 5.97 Å². The summed E-state index contributed by atoms with van der Waals surface area (Å²) in [7, 11) is 0. The van der Waals surface area contributed by atoms with Crippen molar-refractivity contribution in [3.05, 3.63) is 77.2 Å². The molecule has 0 unspecified atom stereocenters. The van der Waals surface area contributed by atoms with Crippen LogP contribution in [0.2, 0.25) is 0 Å². The molecular formula is C23H17N3O2. The highest BCUT2D eigenvalue weighted by Gasteiger charge is 2.24. The third-order valence-corrected chi connectivity index (χ3v) is 5.17. The summed E-state index contributed by atoms with van der Waals surface area (Å²) in [5.74, 6) is -0.901. The number of carboxylic acids is 1. The largest absolute Gasteiger partial charge is 0.478 e. The SMILES string of the molecule is O=C(O)c1c2c(nc3ccccc13)/C(=C/c1cnc3ccccc3n1)CCC2. The number of para-hydroxylation sites is 3. The van der Waals surface area contributed by atoms with Crippen LogP contribution >= 0.6 is 0 Å². The van der Waals surface area contributed by atoms with Crippen molar-refractivity contribution in [3.63, 3.8) is 0 Å². The average Bonchev–Trinajstić information content (AvgIpc) is 2.72. The first kappa shape index (κ1) is 16.6. The molecule has 0 bridgehead atoms. The Hall–Kier alpha value is -3.60. The van der Waals surface area contributed by atoms with Crippen molar-refractivity contribution in [2.75, 3.05) is 0 Å². The Morgan fingerprint density at radius 1 is 0.929 bits per heavy atom. The molecule has 1 aliphatic carbocycles. The second kappa shape index (κ2) is 6.53. The van der Waals surface area contributed by atoms with E-state index in [2.05, 4.69) is 9.97 Å². The zero-order chi connectivity index (χ0) is 19.1.